The highest BCUT2D eigenvalue weighted by Crippen LogP contribution is 2.42. The standard InChI is InChI=1S/C25H24BrN3O6/c1-14-5-10-19-20(11-14)24(33)29(23(19)32)18-4-2-3-16(12-18)25(34)35-13-21(30)27-28-22(31)15-6-8-17(26)9-7-15/h2-4,6-9,12,14,19-20H,5,10-11,13H2,1H3,(H,27,30)(H,28,31)/t14-,19-,20-/m1/s1. The number of hydrogen-bond donors (Lipinski definition) is 2. The van der Waals surface area contributed by atoms with E-state index in [0.717, 1.165) is 15.8 Å². The summed E-state index contributed by atoms with van der Waals surface area (Å²) in [5, 5.41) is 0. The summed E-state index contributed by atoms with van der Waals surface area (Å²) in [7, 11) is 0. The van der Waals surface area contributed by atoms with E-state index in [1.54, 1.807) is 36.4 Å². The van der Waals surface area contributed by atoms with Crippen molar-refractivity contribution in [3.8, 4) is 0 Å². The van der Waals surface area contributed by atoms with Gasteiger partial charge in [-0.3, -0.25) is 34.9 Å². The zero-order valence-corrected chi connectivity index (χ0v) is 20.5. The number of imide groups is 1. The van der Waals surface area contributed by atoms with Crippen LogP contribution < -0.4 is 15.8 Å². The van der Waals surface area contributed by atoms with Gasteiger partial charge in [-0.05, 0) is 67.6 Å². The van der Waals surface area contributed by atoms with Crippen molar-refractivity contribution in [1.82, 2.24) is 10.9 Å². The summed E-state index contributed by atoms with van der Waals surface area (Å²) in [5.74, 6) is -2.78. The van der Waals surface area contributed by atoms with Gasteiger partial charge in [0, 0.05) is 10.0 Å². The molecule has 1 aliphatic heterocycles. The van der Waals surface area contributed by atoms with Crippen LogP contribution in [0.5, 0.6) is 0 Å². The largest absolute Gasteiger partial charge is 0.452 e. The molecule has 0 radical (unpaired) electrons. The Bertz CT molecular complexity index is 1180. The number of halogens is 1. The van der Waals surface area contributed by atoms with Crippen LogP contribution in [-0.2, 0) is 19.1 Å². The third kappa shape index (κ3) is 5.43. The first kappa shape index (κ1) is 24.6. The van der Waals surface area contributed by atoms with E-state index in [-0.39, 0.29) is 29.2 Å². The van der Waals surface area contributed by atoms with Crippen molar-refractivity contribution in [2.24, 2.45) is 17.8 Å². The molecule has 10 heteroatoms. The summed E-state index contributed by atoms with van der Waals surface area (Å²) in [6, 6.07) is 12.5. The van der Waals surface area contributed by atoms with Crippen molar-refractivity contribution in [3.63, 3.8) is 0 Å². The SMILES string of the molecule is C[C@@H]1CC[C@H]2C(=O)N(c3cccc(C(=O)OCC(=O)NNC(=O)c4ccc(Br)cc4)c3)C(=O)[C@@H]2C1. The highest BCUT2D eigenvalue weighted by atomic mass is 79.9. The minimum absolute atomic E-state index is 0.0954. The minimum atomic E-state index is -0.800. The molecule has 0 bridgehead atoms. The first-order valence-corrected chi connectivity index (χ1v) is 12.0. The van der Waals surface area contributed by atoms with Crippen molar-refractivity contribution < 1.29 is 28.7 Å². The van der Waals surface area contributed by atoms with E-state index in [1.807, 2.05) is 0 Å². The van der Waals surface area contributed by atoms with Gasteiger partial charge in [-0.2, -0.15) is 0 Å². The molecule has 2 aliphatic rings. The Hall–Kier alpha value is -3.53. The van der Waals surface area contributed by atoms with Crippen LogP contribution in [0, 0.1) is 17.8 Å². The molecule has 1 saturated carbocycles. The Labute approximate surface area is 210 Å². The molecular weight excluding hydrogens is 518 g/mol. The molecule has 1 saturated heterocycles. The predicted molar refractivity (Wildman–Crippen MR) is 129 cm³/mol. The molecule has 2 fully saturated rings. The van der Waals surface area contributed by atoms with Gasteiger partial charge in [0.1, 0.15) is 0 Å². The van der Waals surface area contributed by atoms with Gasteiger partial charge in [0.15, 0.2) is 6.61 Å². The lowest BCUT2D eigenvalue weighted by Gasteiger charge is -2.25. The van der Waals surface area contributed by atoms with Crippen molar-refractivity contribution in [1.29, 1.82) is 0 Å². The third-order valence-electron chi connectivity index (χ3n) is 6.28. The maximum atomic E-state index is 12.9. The number of esters is 1. The Kier molecular flexibility index (Phi) is 7.30. The van der Waals surface area contributed by atoms with E-state index < -0.39 is 24.4 Å². The molecule has 1 aliphatic carbocycles. The predicted octanol–water partition coefficient (Wildman–Crippen LogP) is 2.99. The van der Waals surface area contributed by atoms with Crippen molar-refractivity contribution in [3.05, 3.63) is 64.1 Å². The van der Waals surface area contributed by atoms with Gasteiger partial charge in [0.05, 0.1) is 23.1 Å². The summed E-state index contributed by atoms with van der Waals surface area (Å²) in [6.45, 7) is 1.45. The lowest BCUT2D eigenvalue weighted by Crippen LogP contribution is -2.43. The van der Waals surface area contributed by atoms with Gasteiger partial charge >= 0.3 is 5.97 Å². The molecule has 3 atom stereocenters. The van der Waals surface area contributed by atoms with Crippen molar-refractivity contribution in [2.75, 3.05) is 11.5 Å². The number of rotatable bonds is 5. The first-order chi connectivity index (χ1) is 16.7. The van der Waals surface area contributed by atoms with Crippen molar-refractivity contribution >= 4 is 51.2 Å². The number of benzene rings is 2. The molecule has 2 aromatic rings. The molecule has 4 rings (SSSR count). The Morgan fingerprint density at radius 2 is 1.69 bits per heavy atom. The highest BCUT2D eigenvalue weighted by molar-refractivity contribution is 9.10. The van der Waals surface area contributed by atoms with Crippen molar-refractivity contribution in [2.45, 2.75) is 26.2 Å². The lowest BCUT2D eigenvalue weighted by molar-refractivity contribution is -0.125. The zero-order chi connectivity index (χ0) is 25.1. The molecule has 4 amide bonds. The fraction of sp³-hybridized carbons (Fsp3) is 0.320. The van der Waals surface area contributed by atoms with Crippen LogP contribution in [-0.4, -0.2) is 36.2 Å². The van der Waals surface area contributed by atoms with Gasteiger partial charge in [-0.1, -0.05) is 28.9 Å². The minimum Gasteiger partial charge on any atom is -0.452 e. The number of anilines is 1. The molecule has 1 heterocycles. The number of nitrogens with zero attached hydrogens (tertiary/aromatic N) is 1. The summed E-state index contributed by atoms with van der Waals surface area (Å²) >= 11 is 3.27. The van der Waals surface area contributed by atoms with Gasteiger partial charge in [-0.15, -0.1) is 0 Å². The number of hydrazine groups is 1. The maximum Gasteiger partial charge on any atom is 0.338 e. The van der Waals surface area contributed by atoms with Gasteiger partial charge in [0.2, 0.25) is 11.8 Å². The van der Waals surface area contributed by atoms with Gasteiger partial charge in [0.25, 0.3) is 11.8 Å². The fourth-order valence-electron chi connectivity index (χ4n) is 4.47. The average molecular weight is 542 g/mol. The monoisotopic (exact) mass is 541 g/mol. The second-order valence-electron chi connectivity index (χ2n) is 8.78. The molecule has 0 aromatic heterocycles. The fourth-order valence-corrected chi connectivity index (χ4v) is 4.73. The maximum absolute atomic E-state index is 12.9. The molecule has 0 unspecified atom stereocenters. The van der Waals surface area contributed by atoms with Crippen LogP contribution >= 0.6 is 15.9 Å². The summed E-state index contributed by atoms with van der Waals surface area (Å²) in [4.78, 5) is 63.5. The molecule has 0 spiro atoms. The second-order valence-corrected chi connectivity index (χ2v) is 9.69. The number of ether oxygens (including phenoxy) is 1. The van der Waals surface area contributed by atoms with E-state index in [0.29, 0.717) is 30.0 Å². The zero-order valence-electron chi connectivity index (χ0n) is 19.0. The molecule has 2 aromatic carbocycles. The van der Waals surface area contributed by atoms with E-state index in [4.69, 9.17) is 4.74 Å². The Morgan fingerprint density at radius 3 is 2.43 bits per heavy atom. The summed E-state index contributed by atoms with van der Waals surface area (Å²) < 4.78 is 5.83. The van der Waals surface area contributed by atoms with E-state index in [2.05, 4.69) is 33.7 Å². The number of carbonyl (C=O) groups excluding carboxylic acids is 5. The van der Waals surface area contributed by atoms with E-state index in [1.165, 1.54) is 12.1 Å². The summed E-state index contributed by atoms with van der Waals surface area (Å²) in [5.41, 5.74) is 5.15. The number of hydrogen-bond acceptors (Lipinski definition) is 6. The van der Waals surface area contributed by atoms with Crippen LogP contribution in [0.15, 0.2) is 53.0 Å². The van der Waals surface area contributed by atoms with Gasteiger partial charge in [-0.25, -0.2) is 4.79 Å². The Balaban J connectivity index is 1.33. The number of carbonyl (C=O) groups is 5. The normalized spacial score (nSPS) is 21.3. The smallest absolute Gasteiger partial charge is 0.338 e. The Morgan fingerprint density at radius 1 is 0.971 bits per heavy atom. The van der Waals surface area contributed by atoms with Crippen LogP contribution in [0.4, 0.5) is 5.69 Å². The molecular formula is C25H24BrN3O6. The molecule has 182 valence electrons. The highest BCUT2D eigenvalue weighted by Gasteiger charge is 2.50. The van der Waals surface area contributed by atoms with Gasteiger partial charge < -0.3 is 4.74 Å². The van der Waals surface area contributed by atoms with Crippen LogP contribution in [0.1, 0.15) is 46.9 Å². The second kappa shape index (κ2) is 10.4. The van der Waals surface area contributed by atoms with E-state index >= 15 is 0 Å². The first-order valence-electron chi connectivity index (χ1n) is 11.2. The number of amides is 4. The molecule has 35 heavy (non-hydrogen) atoms. The molecule has 2 N–H and O–H groups in total. The van der Waals surface area contributed by atoms with Crippen LogP contribution in [0.3, 0.4) is 0 Å². The van der Waals surface area contributed by atoms with Crippen LogP contribution in [0.25, 0.3) is 0 Å². The number of nitrogens with one attached hydrogen (secondary N) is 2. The quantitative estimate of drug-likeness (QED) is 0.341. The number of fused-ring (bicyclic) bond motifs is 1. The molecule has 9 nitrogen and oxygen atoms in total. The van der Waals surface area contributed by atoms with E-state index in [9.17, 15) is 24.0 Å². The lowest BCUT2D eigenvalue weighted by atomic mass is 9.76. The van der Waals surface area contributed by atoms with Crippen LogP contribution in [0.2, 0.25) is 0 Å². The average Bonchev–Trinajstić information content (AvgIpc) is 3.10. The topological polar surface area (TPSA) is 122 Å². The third-order valence-corrected chi connectivity index (χ3v) is 6.81. The summed E-state index contributed by atoms with van der Waals surface area (Å²) in [6.07, 6.45) is 2.27.